The van der Waals surface area contributed by atoms with E-state index < -0.39 is 0 Å². The summed E-state index contributed by atoms with van der Waals surface area (Å²) in [7, 11) is 0. The van der Waals surface area contributed by atoms with E-state index in [1.807, 2.05) is 44.2 Å². The molecule has 0 aliphatic carbocycles. The predicted molar refractivity (Wildman–Crippen MR) is 108 cm³/mol. The molecular weight excluding hydrogens is 363 g/mol. The zero-order chi connectivity index (χ0) is 19.2. The van der Waals surface area contributed by atoms with Gasteiger partial charge in [-0.15, -0.1) is 0 Å². The molecule has 0 radical (unpaired) electrons. The summed E-state index contributed by atoms with van der Waals surface area (Å²) in [6.07, 6.45) is 1.86. The Morgan fingerprint density at radius 3 is 2.56 bits per heavy atom. The maximum Gasteiger partial charge on any atom is 0.266 e. The first-order valence-corrected chi connectivity index (χ1v) is 9.66. The maximum atomic E-state index is 13.6. The monoisotopic (exact) mass is 384 g/mol. The van der Waals surface area contributed by atoms with Gasteiger partial charge in [0.25, 0.3) is 5.91 Å². The predicted octanol–water partition coefficient (Wildman–Crippen LogP) is 4.72. The number of hydrogen-bond donors (Lipinski definition) is 0. The van der Waals surface area contributed by atoms with E-state index in [0.29, 0.717) is 29.3 Å². The van der Waals surface area contributed by atoms with Crippen LogP contribution in [0.3, 0.4) is 0 Å². The Labute approximate surface area is 162 Å². The second-order valence-electron chi connectivity index (χ2n) is 5.87. The summed E-state index contributed by atoms with van der Waals surface area (Å²) in [5.74, 6) is 0.351. The molecule has 0 bridgehead atoms. The fourth-order valence-corrected chi connectivity index (χ4v) is 3.73. The van der Waals surface area contributed by atoms with Crippen LogP contribution >= 0.6 is 11.8 Å². The molecule has 2 aromatic carbocycles. The van der Waals surface area contributed by atoms with Gasteiger partial charge in [0.05, 0.1) is 4.91 Å². The van der Waals surface area contributed by atoms with E-state index in [0.717, 1.165) is 10.7 Å². The average Bonchev–Trinajstić information content (AvgIpc) is 2.97. The van der Waals surface area contributed by atoms with Crippen LogP contribution in [0.2, 0.25) is 0 Å². The fraction of sp³-hybridized carbons (Fsp3) is 0.238. The quantitative estimate of drug-likeness (QED) is 0.677. The van der Waals surface area contributed by atoms with Crippen molar-refractivity contribution in [1.82, 2.24) is 4.90 Å². The first kappa shape index (κ1) is 19.2. The summed E-state index contributed by atoms with van der Waals surface area (Å²) in [6, 6.07) is 13.9. The number of carbonyl (C=O) groups is 1. The van der Waals surface area contributed by atoms with E-state index >= 15 is 0 Å². The van der Waals surface area contributed by atoms with E-state index in [9.17, 15) is 9.18 Å². The maximum absolute atomic E-state index is 13.6. The van der Waals surface area contributed by atoms with Gasteiger partial charge in [-0.05, 0) is 55.4 Å². The van der Waals surface area contributed by atoms with Crippen molar-refractivity contribution < 1.29 is 13.9 Å². The van der Waals surface area contributed by atoms with Gasteiger partial charge >= 0.3 is 0 Å². The van der Waals surface area contributed by atoms with Crippen molar-refractivity contribution in [1.29, 1.82) is 0 Å². The minimum atomic E-state index is -0.277. The van der Waals surface area contributed by atoms with Gasteiger partial charge in [0.2, 0.25) is 0 Å². The molecule has 1 aliphatic rings. The molecule has 3 rings (SSSR count). The van der Waals surface area contributed by atoms with E-state index in [1.54, 1.807) is 23.1 Å². The summed E-state index contributed by atoms with van der Waals surface area (Å²) in [5.41, 5.74) is 1.41. The molecule has 0 saturated carbocycles. The molecule has 27 heavy (non-hydrogen) atoms. The molecule has 1 heterocycles. The molecular formula is C21H21FN2O2S. The number of thioether (sulfide) groups is 1. The number of amides is 1. The van der Waals surface area contributed by atoms with Crippen LogP contribution in [0.1, 0.15) is 25.0 Å². The van der Waals surface area contributed by atoms with Gasteiger partial charge in [0.15, 0.2) is 5.17 Å². The lowest BCUT2D eigenvalue weighted by molar-refractivity contribution is -0.122. The zero-order valence-electron chi connectivity index (χ0n) is 15.3. The molecule has 0 aromatic heterocycles. The molecule has 4 nitrogen and oxygen atoms in total. The first-order valence-electron chi connectivity index (χ1n) is 8.84. The van der Waals surface area contributed by atoms with E-state index in [2.05, 4.69) is 4.99 Å². The number of rotatable bonds is 6. The van der Waals surface area contributed by atoms with Crippen molar-refractivity contribution in [2.24, 2.45) is 4.99 Å². The van der Waals surface area contributed by atoms with E-state index in [1.165, 1.54) is 17.8 Å². The summed E-state index contributed by atoms with van der Waals surface area (Å²) >= 11 is 1.40. The van der Waals surface area contributed by atoms with Crippen molar-refractivity contribution >= 4 is 28.9 Å². The van der Waals surface area contributed by atoms with Crippen molar-refractivity contribution in [3.63, 3.8) is 0 Å². The highest BCUT2D eigenvalue weighted by atomic mass is 32.2. The minimum absolute atomic E-state index is 0.0189. The molecule has 1 saturated heterocycles. The Morgan fingerprint density at radius 1 is 1.15 bits per heavy atom. The fourth-order valence-electron chi connectivity index (χ4n) is 2.63. The van der Waals surface area contributed by atoms with Crippen LogP contribution in [0.4, 0.5) is 4.39 Å². The molecule has 140 valence electrons. The molecule has 0 N–H and O–H groups in total. The number of nitrogens with zero attached hydrogens (tertiary/aromatic N) is 2. The highest BCUT2D eigenvalue weighted by Gasteiger charge is 2.31. The third-order valence-electron chi connectivity index (χ3n) is 4.03. The number of hydrogen-bond acceptors (Lipinski definition) is 4. The van der Waals surface area contributed by atoms with Crippen LogP contribution in [-0.4, -0.2) is 29.1 Å². The molecule has 1 aliphatic heterocycles. The van der Waals surface area contributed by atoms with Gasteiger partial charge in [-0.3, -0.25) is 14.7 Å². The smallest absolute Gasteiger partial charge is 0.266 e. The zero-order valence-corrected chi connectivity index (χ0v) is 16.1. The number of aliphatic imine (C=N–C) groups is 1. The van der Waals surface area contributed by atoms with Gasteiger partial charge in [-0.25, -0.2) is 4.39 Å². The summed E-state index contributed by atoms with van der Waals surface area (Å²) in [4.78, 5) is 19.2. The van der Waals surface area contributed by atoms with Crippen LogP contribution in [0.15, 0.2) is 58.4 Å². The van der Waals surface area contributed by atoms with Crippen LogP contribution in [0.5, 0.6) is 5.75 Å². The third-order valence-corrected chi connectivity index (χ3v) is 5.07. The number of likely N-dealkylation sites (N-methyl/N-ethyl adjacent to an activating group) is 1. The first-order chi connectivity index (χ1) is 13.1. The lowest BCUT2D eigenvalue weighted by atomic mass is 10.2. The number of benzene rings is 2. The molecule has 0 spiro atoms. The van der Waals surface area contributed by atoms with Gasteiger partial charge < -0.3 is 4.74 Å². The molecule has 1 fully saturated rings. The Bertz CT molecular complexity index is 878. The number of amidine groups is 1. The second kappa shape index (κ2) is 8.86. The molecule has 1 amide bonds. The van der Waals surface area contributed by atoms with E-state index in [4.69, 9.17) is 4.74 Å². The van der Waals surface area contributed by atoms with Gasteiger partial charge in [0, 0.05) is 18.7 Å². The lowest BCUT2D eigenvalue weighted by Gasteiger charge is -2.11. The van der Waals surface area contributed by atoms with Crippen LogP contribution in [0.25, 0.3) is 6.08 Å². The Morgan fingerprint density at radius 2 is 1.89 bits per heavy atom. The van der Waals surface area contributed by atoms with Crippen LogP contribution < -0.4 is 4.74 Å². The summed E-state index contributed by atoms with van der Waals surface area (Å²) in [5, 5.41) is 0.751. The number of ether oxygens (including phenoxy) is 1. The molecule has 0 atom stereocenters. The van der Waals surface area contributed by atoms with Gasteiger partial charge in [0.1, 0.15) is 18.2 Å². The third kappa shape index (κ3) is 4.57. The Hall–Kier alpha value is -2.60. The average molecular weight is 384 g/mol. The highest BCUT2D eigenvalue weighted by molar-refractivity contribution is 8.18. The highest BCUT2D eigenvalue weighted by Crippen LogP contribution is 2.32. The lowest BCUT2D eigenvalue weighted by Crippen LogP contribution is -2.28. The number of halogens is 1. The standard InChI is InChI=1S/C21H21FN2O2S/c1-3-23-21-24(4-2)20(25)19(27-21)13-15-9-11-17(12-10-15)26-14-16-7-5-6-8-18(16)22/h5-13H,3-4,14H2,1-2H3/b19-13+,23-21?. The van der Waals surface area contributed by atoms with Crippen LogP contribution in [-0.2, 0) is 11.4 Å². The normalized spacial score (nSPS) is 17.1. The topological polar surface area (TPSA) is 41.9 Å². The Kier molecular flexibility index (Phi) is 6.29. The molecule has 0 unspecified atom stereocenters. The summed E-state index contributed by atoms with van der Waals surface area (Å²) < 4.78 is 19.3. The van der Waals surface area contributed by atoms with Gasteiger partial charge in [-0.2, -0.15) is 0 Å². The van der Waals surface area contributed by atoms with Crippen molar-refractivity contribution in [3.05, 3.63) is 70.4 Å². The second-order valence-corrected chi connectivity index (χ2v) is 6.88. The van der Waals surface area contributed by atoms with Crippen molar-refractivity contribution in [2.75, 3.05) is 13.1 Å². The molecule has 6 heteroatoms. The van der Waals surface area contributed by atoms with Crippen molar-refractivity contribution in [2.45, 2.75) is 20.5 Å². The number of carbonyl (C=O) groups excluding carboxylic acids is 1. The van der Waals surface area contributed by atoms with Crippen molar-refractivity contribution in [3.8, 4) is 5.75 Å². The largest absolute Gasteiger partial charge is 0.489 e. The van der Waals surface area contributed by atoms with Crippen LogP contribution in [0, 0.1) is 5.82 Å². The van der Waals surface area contributed by atoms with Gasteiger partial charge in [-0.1, -0.05) is 30.3 Å². The molecule has 2 aromatic rings. The SMILES string of the molecule is CCN=C1S/C(=C/c2ccc(OCc3ccccc3F)cc2)C(=O)N1CC. The Balaban J connectivity index is 1.69. The summed E-state index contributed by atoms with van der Waals surface area (Å²) in [6.45, 7) is 5.31. The van der Waals surface area contributed by atoms with E-state index in [-0.39, 0.29) is 18.3 Å². The minimum Gasteiger partial charge on any atom is -0.489 e.